The molecule has 0 fully saturated rings. The average Bonchev–Trinajstić information content (AvgIpc) is 3.15. The van der Waals surface area contributed by atoms with E-state index >= 15 is 0 Å². The van der Waals surface area contributed by atoms with Crippen molar-refractivity contribution >= 4 is 19.8 Å². The molecule has 1 unspecified atom stereocenters. The van der Waals surface area contributed by atoms with Crippen molar-refractivity contribution in [2.24, 2.45) is 0 Å². The Kier molecular flexibility index (Phi) is 36.0. The number of esters is 2. The van der Waals surface area contributed by atoms with Crippen LogP contribution in [0.25, 0.3) is 0 Å². The molecule has 0 radical (unpaired) electrons. The highest BCUT2D eigenvalue weighted by atomic mass is 31.2. The normalized spacial score (nSPS) is 14.9. The van der Waals surface area contributed by atoms with Crippen molar-refractivity contribution in [2.75, 3.05) is 47.5 Å². The van der Waals surface area contributed by atoms with Crippen molar-refractivity contribution < 1.29 is 47.2 Å². The monoisotopic (exact) mass is 823 g/mol. The summed E-state index contributed by atoms with van der Waals surface area (Å²) < 4.78 is 34.2. The van der Waals surface area contributed by atoms with Crippen LogP contribution in [0.2, 0.25) is 0 Å². The van der Waals surface area contributed by atoms with Crippen LogP contribution in [-0.4, -0.2) is 86.1 Å². The smallest absolute Gasteiger partial charge is 0.462 e. The number of phosphoric ester groups is 1. The Morgan fingerprint density at radius 2 is 1.18 bits per heavy atom. The first kappa shape index (κ1) is 54.4. The highest BCUT2D eigenvalue weighted by molar-refractivity contribution is 7.47. The molecule has 0 aliphatic carbocycles. The van der Waals surface area contributed by atoms with Crippen LogP contribution in [0.15, 0.2) is 72.9 Å². The molecule has 0 amide bonds. The summed E-state index contributed by atoms with van der Waals surface area (Å²) in [6.45, 7) is 4.15. The van der Waals surface area contributed by atoms with Gasteiger partial charge in [-0.1, -0.05) is 138 Å². The Hall–Kier alpha value is -2.59. The third kappa shape index (κ3) is 41.4. The summed E-state index contributed by atoms with van der Waals surface area (Å²) in [6, 6.07) is 0. The molecular weight excluding hydrogens is 741 g/mol. The van der Waals surface area contributed by atoms with Gasteiger partial charge in [0, 0.05) is 12.8 Å². The molecule has 0 spiro atoms. The molecule has 0 aromatic rings. The molecule has 0 aromatic carbocycles. The second-order valence-corrected chi connectivity index (χ2v) is 17.0. The Balaban J connectivity index is 4.54. The minimum absolute atomic E-state index is 0.00916. The van der Waals surface area contributed by atoms with E-state index in [9.17, 15) is 24.2 Å². The second-order valence-electron chi connectivity index (χ2n) is 15.6. The quantitative estimate of drug-likeness (QED) is 0.0156. The highest BCUT2D eigenvalue weighted by Crippen LogP contribution is 2.43. The SMILES string of the molecule is CCCCC/C=C\C/C=C\CCCCCCCC(=O)O[C@H](COC(=O)CCC/C=C\C/C=C\C/C=C\C=C\[C@H](O)CCCCC)COP(=O)(O)OCC[N+](C)(C)C. The summed E-state index contributed by atoms with van der Waals surface area (Å²) in [6.07, 6.45) is 42.8. The van der Waals surface area contributed by atoms with Crippen LogP contribution in [0.5, 0.6) is 0 Å². The number of aliphatic hydroxyl groups excluding tert-OH is 1. The van der Waals surface area contributed by atoms with Crippen molar-refractivity contribution in [1.82, 2.24) is 0 Å². The molecule has 57 heavy (non-hydrogen) atoms. The van der Waals surface area contributed by atoms with Crippen LogP contribution in [0, 0.1) is 0 Å². The highest BCUT2D eigenvalue weighted by Gasteiger charge is 2.27. The fraction of sp³-hybridized carbons (Fsp3) is 0.696. The van der Waals surface area contributed by atoms with E-state index in [4.69, 9.17) is 18.5 Å². The lowest BCUT2D eigenvalue weighted by molar-refractivity contribution is -0.870. The summed E-state index contributed by atoms with van der Waals surface area (Å²) in [4.78, 5) is 35.3. The summed E-state index contributed by atoms with van der Waals surface area (Å²) in [5.41, 5.74) is 0. The molecule has 328 valence electrons. The summed E-state index contributed by atoms with van der Waals surface area (Å²) in [5, 5.41) is 9.90. The Morgan fingerprint density at radius 3 is 1.82 bits per heavy atom. The van der Waals surface area contributed by atoms with Crippen molar-refractivity contribution in [1.29, 1.82) is 0 Å². The molecule has 3 atom stereocenters. The first-order chi connectivity index (χ1) is 27.4. The molecule has 0 bridgehead atoms. The zero-order valence-electron chi connectivity index (χ0n) is 36.4. The average molecular weight is 823 g/mol. The predicted molar refractivity (Wildman–Crippen MR) is 235 cm³/mol. The van der Waals surface area contributed by atoms with E-state index in [1.165, 1.54) is 25.7 Å². The summed E-state index contributed by atoms with van der Waals surface area (Å²) >= 11 is 0. The molecular formula is C46H81NO9P+. The summed E-state index contributed by atoms with van der Waals surface area (Å²) in [5.74, 6) is -0.914. The maximum absolute atomic E-state index is 12.7. The molecule has 0 aromatic heterocycles. The fourth-order valence-corrected chi connectivity index (χ4v) is 6.06. The zero-order valence-corrected chi connectivity index (χ0v) is 37.3. The largest absolute Gasteiger partial charge is 0.472 e. The number of quaternary nitrogens is 1. The van der Waals surface area contributed by atoms with Gasteiger partial charge in [0.1, 0.15) is 19.8 Å². The fourth-order valence-electron chi connectivity index (χ4n) is 5.32. The number of nitrogens with zero attached hydrogens (tertiary/aromatic N) is 1. The number of carbonyl (C=O) groups is 2. The number of likely N-dealkylation sites (N-methyl/N-ethyl adjacent to an activating group) is 1. The van der Waals surface area contributed by atoms with Crippen molar-refractivity contribution in [3.05, 3.63) is 72.9 Å². The van der Waals surface area contributed by atoms with Crippen molar-refractivity contribution in [3.8, 4) is 0 Å². The topological polar surface area (TPSA) is 129 Å². The van der Waals surface area contributed by atoms with Crippen LogP contribution < -0.4 is 0 Å². The minimum atomic E-state index is -4.40. The molecule has 0 saturated carbocycles. The standard InChI is InChI=1S/C46H80NO9P/c1-6-8-10-11-12-13-14-15-16-17-20-24-27-30-34-38-46(50)56-44(42-55-57(51,52)54-40-39-47(3,4)5)41-53-45(49)37-33-29-26-23-21-18-19-22-25-28-32-36-43(48)35-31-9-7-2/h12-13,15-16,18-19,23,25-26,28,32,36,43-44,48H,6-11,14,17,20-22,24,27,29-31,33-35,37-42H2,1-5H3/p+1/b13-12-,16-15-,19-18-,26-23-,28-25-,36-32+/t43-,44-/m1/s1. The number of ether oxygens (including phenoxy) is 2. The summed E-state index contributed by atoms with van der Waals surface area (Å²) in [7, 11) is 1.40. The van der Waals surface area contributed by atoms with E-state index in [2.05, 4.69) is 56.4 Å². The Morgan fingerprint density at radius 1 is 0.632 bits per heavy atom. The molecule has 0 aliphatic rings. The Labute approximate surface area is 347 Å². The van der Waals surface area contributed by atoms with Crippen LogP contribution in [0.1, 0.15) is 149 Å². The first-order valence-electron chi connectivity index (χ1n) is 21.8. The van der Waals surface area contributed by atoms with Gasteiger partial charge < -0.3 is 24.0 Å². The number of carbonyl (C=O) groups excluding carboxylic acids is 2. The Bertz CT molecular complexity index is 1220. The molecule has 10 nitrogen and oxygen atoms in total. The van der Waals surface area contributed by atoms with E-state index in [1.807, 2.05) is 51.5 Å². The van der Waals surface area contributed by atoms with Crippen molar-refractivity contribution in [2.45, 2.75) is 161 Å². The van der Waals surface area contributed by atoms with Gasteiger partial charge in [-0.2, -0.15) is 0 Å². The number of phosphoric acid groups is 1. The molecule has 0 rings (SSSR count). The predicted octanol–water partition coefficient (Wildman–Crippen LogP) is 11.2. The first-order valence-corrected chi connectivity index (χ1v) is 23.3. The number of aliphatic hydroxyl groups is 1. The van der Waals surface area contributed by atoms with Gasteiger partial charge in [-0.25, -0.2) is 4.57 Å². The van der Waals surface area contributed by atoms with Crippen LogP contribution >= 0.6 is 7.82 Å². The van der Waals surface area contributed by atoms with Gasteiger partial charge >= 0.3 is 19.8 Å². The number of hydrogen-bond acceptors (Lipinski definition) is 8. The van der Waals surface area contributed by atoms with Gasteiger partial charge in [0.2, 0.25) is 0 Å². The van der Waals surface area contributed by atoms with Crippen LogP contribution in [-0.2, 0) is 32.7 Å². The second kappa shape index (κ2) is 37.7. The third-order valence-electron chi connectivity index (χ3n) is 8.81. The number of unbranched alkanes of at least 4 members (excludes halogenated alkanes) is 11. The van der Waals surface area contributed by atoms with Gasteiger partial charge in [0.15, 0.2) is 6.10 Å². The van der Waals surface area contributed by atoms with Gasteiger partial charge in [0.05, 0.1) is 33.9 Å². The van der Waals surface area contributed by atoms with E-state index in [0.29, 0.717) is 30.3 Å². The molecule has 0 saturated heterocycles. The molecule has 2 N–H and O–H groups in total. The lowest BCUT2D eigenvalue weighted by Gasteiger charge is -2.24. The minimum Gasteiger partial charge on any atom is -0.462 e. The number of allylic oxidation sites excluding steroid dienone is 11. The molecule has 11 heteroatoms. The zero-order chi connectivity index (χ0) is 42.3. The van der Waals surface area contributed by atoms with E-state index in [1.54, 1.807) is 0 Å². The van der Waals surface area contributed by atoms with Gasteiger partial charge in [-0.15, -0.1) is 0 Å². The van der Waals surface area contributed by atoms with Gasteiger partial charge in [-0.05, 0) is 70.6 Å². The van der Waals surface area contributed by atoms with E-state index < -0.39 is 32.5 Å². The molecule has 0 aliphatic heterocycles. The lowest BCUT2D eigenvalue weighted by Crippen LogP contribution is -2.37. The maximum atomic E-state index is 12.7. The maximum Gasteiger partial charge on any atom is 0.472 e. The number of hydrogen-bond donors (Lipinski definition) is 2. The van der Waals surface area contributed by atoms with Gasteiger partial charge in [0.25, 0.3) is 0 Å². The van der Waals surface area contributed by atoms with E-state index in [-0.39, 0.29) is 32.2 Å². The molecule has 0 heterocycles. The van der Waals surface area contributed by atoms with Gasteiger partial charge in [-0.3, -0.25) is 18.6 Å². The van der Waals surface area contributed by atoms with Crippen molar-refractivity contribution in [3.63, 3.8) is 0 Å². The van der Waals surface area contributed by atoms with E-state index in [0.717, 1.165) is 77.0 Å². The third-order valence-corrected chi connectivity index (χ3v) is 9.80. The number of rotatable bonds is 38. The van der Waals surface area contributed by atoms with Crippen LogP contribution in [0.4, 0.5) is 0 Å². The lowest BCUT2D eigenvalue weighted by atomic mass is 10.1. The van der Waals surface area contributed by atoms with Crippen LogP contribution in [0.3, 0.4) is 0 Å².